The SMILES string of the molecule is N#CC1(Cc2cccc(F)c2)CCN(C(=O)c2cccnc2-c2ccncc2)CC1. The van der Waals surface area contributed by atoms with Crippen LogP contribution in [0.4, 0.5) is 4.39 Å². The normalized spacial score (nSPS) is 15.4. The number of carbonyl (C=O) groups excluding carboxylic acids is 1. The second-order valence-corrected chi connectivity index (χ2v) is 7.63. The molecule has 0 radical (unpaired) electrons. The highest BCUT2D eigenvalue weighted by Crippen LogP contribution is 2.35. The van der Waals surface area contributed by atoms with E-state index in [1.54, 1.807) is 41.7 Å². The van der Waals surface area contributed by atoms with E-state index in [2.05, 4.69) is 16.0 Å². The van der Waals surface area contributed by atoms with E-state index in [1.165, 1.54) is 12.1 Å². The van der Waals surface area contributed by atoms with E-state index in [-0.39, 0.29) is 11.7 Å². The van der Waals surface area contributed by atoms with Crippen molar-refractivity contribution in [2.24, 2.45) is 5.41 Å². The first-order valence-corrected chi connectivity index (χ1v) is 9.91. The Kier molecular flexibility index (Phi) is 5.53. The van der Waals surface area contributed by atoms with E-state index in [0.717, 1.165) is 11.1 Å². The molecule has 1 fully saturated rings. The monoisotopic (exact) mass is 400 g/mol. The molecular weight excluding hydrogens is 379 g/mol. The maximum atomic E-state index is 13.5. The first kappa shape index (κ1) is 19.7. The zero-order chi connectivity index (χ0) is 21.0. The van der Waals surface area contributed by atoms with E-state index in [1.807, 2.05) is 18.2 Å². The quantitative estimate of drug-likeness (QED) is 0.656. The summed E-state index contributed by atoms with van der Waals surface area (Å²) in [4.78, 5) is 23.4. The van der Waals surface area contributed by atoms with Crippen molar-refractivity contribution in [1.82, 2.24) is 14.9 Å². The molecule has 3 aromatic rings. The smallest absolute Gasteiger partial charge is 0.256 e. The van der Waals surface area contributed by atoms with E-state index in [0.29, 0.717) is 43.6 Å². The molecule has 0 aliphatic carbocycles. The van der Waals surface area contributed by atoms with Gasteiger partial charge in [-0.05, 0) is 61.2 Å². The molecule has 1 aliphatic rings. The van der Waals surface area contributed by atoms with E-state index in [9.17, 15) is 14.4 Å². The molecule has 6 heteroatoms. The first-order valence-electron chi connectivity index (χ1n) is 9.91. The van der Waals surface area contributed by atoms with Gasteiger partial charge in [0.15, 0.2) is 0 Å². The van der Waals surface area contributed by atoms with Gasteiger partial charge in [-0.2, -0.15) is 5.26 Å². The van der Waals surface area contributed by atoms with Crippen LogP contribution < -0.4 is 0 Å². The number of rotatable bonds is 4. The summed E-state index contributed by atoms with van der Waals surface area (Å²) in [5, 5.41) is 9.84. The molecule has 0 atom stereocenters. The van der Waals surface area contributed by atoms with Gasteiger partial charge in [-0.3, -0.25) is 14.8 Å². The van der Waals surface area contributed by atoms with Crippen LogP contribution in [0.3, 0.4) is 0 Å². The molecule has 1 aliphatic heterocycles. The highest BCUT2D eigenvalue weighted by atomic mass is 19.1. The summed E-state index contributed by atoms with van der Waals surface area (Å²) in [6.45, 7) is 0.957. The highest BCUT2D eigenvalue weighted by molar-refractivity contribution is 5.99. The van der Waals surface area contributed by atoms with Crippen molar-refractivity contribution >= 4 is 5.91 Å². The summed E-state index contributed by atoms with van der Waals surface area (Å²) in [6.07, 6.45) is 6.60. The molecule has 1 saturated heterocycles. The van der Waals surface area contributed by atoms with Gasteiger partial charge in [0, 0.05) is 37.2 Å². The lowest BCUT2D eigenvalue weighted by Gasteiger charge is -2.37. The number of aromatic nitrogens is 2. The Hall–Kier alpha value is -3.59. The third-order valence-electron chi connectivity index (χ3n) is 5.67. The summed E-state index contributed by atoms with van der Waals surface area (Å²) in [6, 6.07) is 16.0. The van der Waals surface area contributed by atoms with Gasteiger partial charge in [0.2, 0.25) is 0 Å². The number of carbonyl (C=O) groups is 1. The Morgan fingerprint density at radius 3 is 2.57 bits per heavy atom. The van der Waals surface area contributed by atoms with Gasteiger partial charge in [-0.25, -0.2) is 4.39 Å². The molecule has 150 valence electrons. The predicted octanol–water partition coefficient (Wildman–Crippen LogP) is 4.27. The molecule has 0 bridgehead atoms. The molecule has 3 heterocycles. The Morgan fingerprint density at radius 1 is 1.10 bits per heavy atom. The molecule has 0 spiro atoms. The van der Waals surface area contributed by atoms with Crippen molar-refractivity contribution in [2.45, 2.75) is 19.3 Å². The fourth-order valence-electron chi connectivity index (χ4n) is 3.99. The van der Waals surface area contributed by atoms with Crippen molar-refractivity contribution in [3.8, 4) is 17.3 Å². The highest BCUT2D eigenvalue weighted by Gasteiger charge is 2.37. The summed E-state index contributed by atoms with van der Waals surface area (Å²) >= 11 is 0. The number of nitrogens with zero attached hydrogens (tertiary/aromatic N) is 4. The number of hydrogen-bond acceptors (Lipinski definition) is 4. The second kappa shape index (κ2) is 8.42. The number of likely N-dealkylation sites (tertiary alicyclic amines) is 1. The third-order valence-corrected chi connectivity index (χ3v) is 5.67. The summed E-state index contributed by atoms with van der Waals surface area (Å²) < 4.78 is 13.5. The summed E-state index contributed by atoms with van der Waals surface area (Å²) in [5.41, 5.74) is 2.22. The van der Waals surface area contributed by atoms with Crippen molar-refractivity contribution in [3.05, 3.63) is 84.1 Å². The lowest BCUT2D eigenvalue weighted by Crippen LogP contribution is -2.43. The fourth-order valence-corrected chi connectivity index (χ4v) is 3.99. The molecule has 0 unspecified atom stereocenters. The second-order valence-electron chi connectivity index (χ2n) is 7.63. The number of pyridine rings is 2. The maximum absolute atomic E-state index is 13.5. The van der Waals surface area contributed by atoms with Crippen LogP contribution in [0.25, 0.3) is 11.3 Å². The molecule has 0 saturated carbocycles. The topological polar surface area (TPSA) is 69.9 Å². The van der Waals surface area contributed by atoms with Gasteiger partial charge in [0.05, 0.1) is 22.7 Å². The predicted molar refractivity (Wildman–Crippen MR) is 111 cm³/mol. The van der Waals surface area contributed by atoms with Crippen LogP contribution in [0.1, 0.15) is 28.8 Å². The lowest BCUT2D eigenvalue weighted by molar-refractivity contribution is 0.0647. The average molecular weight is 400 g/mol. The molecule has 30 heavy (non-hydrogen) atoms. The van der Waals surface area contributed by atoms with Gasteiger partial charge in [0.25, 0.3) is 5.91 Å². The number of piperidine rings is 1. The number of hydrogen-bond donors (Lipinski definition) is 0. The molecule has 5 nitrogen and oxygen atoms in total. The van der Waals surface area contributed by atoms with Crippen LogP contribution in [-0.2, 0) is 6.42 Å². The average Bonchev–Trinajstić information content (AvgIpc) is 2.80. The Labute approximate surface area is 174 Å². The minimum absolute atomic E-state index is 0.0905. The molecule has 2 aromatic heterocycles. The summed E-state index contributed by atoms with van der Waals surface area (Å²) in [5.74, 6) is -0.388. The van der Waals surface area contributed by atoms with Crippen LogP contribution in [-0.4, -0.2) is 33.9 Å². The number of benzene rings is 1. The minimum atomic E-state index is -0.590. The molecule has 1 amide bonds. The van der Waals surface area contributed by atoms with Crippen molar-refractivity contribution < 1.29 is 9.18 Å². The molecule has 1 aromatic carbocycles. The largest absolute Gasteiger partial charge is 0.338 e. The molecule has 4 rings (SSSR count). The number of nitriles is 1. The van der Waals surface area contributed by atoms with E-state index >= 15 is 0 Å². The van der Waals surface area contributed by atoms with Gasteiger partial charge < -0.3 is 4.90 Å². The third kappa shape index (κ3) is 4.06. The summed E-state index contributed by atoms with van der Waals surface area (Å²) in [7, 11) is 0. The van der Waals surface area contributed by atoms with Crippen molar-refractivity contribution in [1.29, 1.82) is 5.26 Å². The van der Waals surface area contributed by atoms with Crippen LogP contribution in [0, 0.1) is 22.6 Å². The van der Waals surface area contributed by atoms with E-state index < -0.39 is 5.41 Å². The van der Waals surface area contributed by atoms with Crippen LogP contribution in [0.15, 0.2) is 67.1 Å². The van der Waals surface area contributed by atoms with Gasteiger partial charge in [-0.15, -0.1) is 0 Å². The Balaban J connectivity index is 1.51. The first-order chi connectivity index (χ1) is 14.6. The standard InChI is InChI=1S/C24H21FN4O/c25-20-4-1-3-18(15-20)16-24(17-26)8-13-29(14-9-24)23(30)21-5-2-10-28-22(21)19-6-11-27-12-7-19/h1-7,10-12,15H,8-9,13-14,16H2. The van der Waals surface area contributed by atoms with Crippen LogP contribution in [0.5, 0.6) is 0 Å². The Morgan fingerprint density at radius 2 is 1.87 bits per heavy atom. The van der Waals surface area contributed by atoms with Gasteiger partial charge in [-0.1, -0.05) is 12.1 Å². The fraction of sp³-hybridized carbons (Fsp3) is 0.250. The van der Waals surface area contributed by atoms with Crippen molar-refractivity contribution in [3.63, 3.8) is 0 Å². The number of amides is 1. The maximum Gasteiger partial charge on any atom is 0.256 e. The zero-order valence-electron chi connectivity index (χ0n) is 16.5. The zero-order valence-corrected chi connectivity index (χ0v) is 16.5. The van der Waals surface area contributed by atoms with Crippen LogP contribution in [0.2, 0.25) is 0 Å². The molecular formula is C24H21FN4O. The number of halogens is 1. The van der Waals surface area contributed by atoms with Crippen molar-refractivity contribution in [2.75, 3.05) is 13.1 Å². The van der Waals surface area contributed by atoms with Crippen LogP contribution >= 0.6 is 0 Å². The van der Waals surface area contributed by atoms with Gasteiger partial charge in [0.1, 0.15) is 5.82 Å². The van der Waals surface area contributed by atoms with Gasteiger partial charge >= 0.3 is 0 Å². The molecule has 0 N–H and O–H groups in total. The Bertz CT molecular complexity index is 1090. The minimum Gasteiger partial charge on any atom is -0.338 e. The lowest BCUT2D eigenvalue weighted by atomic mass is 9.75. The van der Waals surface area contributed by atoms with E-state index in [4.69, 9.17) is 0 Å².